The highest BCUT2D eigenvalue weighted by Gasteiger charge is 2.13. The molecule has 0 aliphatic carbocycles. The average Bonchev–Trinajstić information content (AvgIpc) is 3.03. The van der Waals surface area contributed by atoms with Gasteiger partial charge in [-0.1, -0.05) is 79.8 Å². The van der Waals surface area contributed by atoms with E-state index in [1.807, 2.05) is 24.3 Å². The fourth-order valence-electron chi connectivity index (χ4n) is 3.27. The molecule has 0 unspecified atom stereocenters. The summed E-state index contributed by atoms with van der Waals surface area (Å²) in [4.78, 5) is 17.2. The Hall–Kier alpha value is -2.72. The molecule has 3 nitrogen and oxygen atoms in total. The molecule has 0 saturated carbocycles. The summed E-state index contributed by atoms with van der Waals surface area (Å²) >= 11 is 1.53. The first kappa shape index (κ1) is 16.7. The number of thiazole rings is 1. The summed E-state index contributed by atoms with van der Waals surface area (Å²) in [5.74, 6) is 0.367. The number of carbonyl (C=O) groups is 1. The molecule has 1 heterocycles. The number of rotatable bonds is 4. The zero-order chi connectivity index (χ0) is 18.1. The lowest BCUT2D eigenvalue weighted by atomic mass is 10.0. The molecule has 0 atom stereocenters. The largest absolute Gasteiger partial charge is 0.302 e. The van der Waals surface area contributed by atoms with Crippen molar-refractivity contribution in [2.24, 2.45) is 0 Å². The molecule has 0 bridgehead atoms. The van der Waals surface area contributed by atoms with E-state index in [1.165, 1.54) is 16.9 Å². The molecule has 0 aliphatic rings. The number of aromatic nitrogens is 1. The Kier molecular flexibility index (Phi) is 4.43. The number of carbonyl (C=O) groups excluding carboxylic acids is 1. The van der Waals surface area contributed by atoms with Crippen LogP contribution in [0.25, 0.3) is 21.0 Å². The molecule has 26 heavy (non-hydrogen) atoms. The van der Waals surface area contributed by atoms with Gasteiger partial charge in [0.25, 0.3) is 0 Å². The second-order valence-electron chi connectivity index (χ2n) is 6.73. The molecule has 1 N–H and O–H groups in total. The summed E-state index contributed by atoms with van der Waals surface area (Å²) < 4.78 is 1.11. The van der Waals surface area contributed by atoms with Crippen molar-refractivity contribution >= 4 is 43.4 Å². The third kappa shape index (κ3) is 3.20. The van der Waals surface area contributed by atoms with Gasteiger partial charge < -0.3 is 5.32 Å². The van der Waals surface area contributed by atoms with E-state index < -0.39 is 0 Å². The highest BCUT2D eigenvalue weighted by molar-refractivity contribution is 7.22. The van der Waals surface area contributed by atoms with E-state index >= 15 is 0 Å². The molecule has 4 aromatic rings. The number of nitrogens with one attached hydrogen (secondary N) is 1. The monoisotopic (exact) mass is 360 g/mol. The molecule has 1 amide bonds. The van der Waals surface area contributed by atoms with Crippen molar-refractivity contribution < 1.29 is 4.79 Å². The van der Waals surface area contributed by atoms with E-state index in [4.69, 9.17) is 0 Å². The van der Waals surface area contributed by atoms with E-state index in [-0.39, 0.29) is 5.91 Å². The number of benzene rings is 3. The van der Waals surface area contributed by atoms with Crippen molar-refractivity contribution in [1.29, 1.82) is 0 Å². The standard InChI is InChI=1S/C22H20N2OS/c1-14(2)17-11-6-12-19-21(17)24-22(26-19)23-20(25)13-16-9-5-8-15-7-3-4-10-18(15)16/h3-12,14H,13H2,1-2H3,(H,23,24,25). The minimum atomic E-state index is -0.0356. The van der Waals surface area contributed by atoms with Gasteiger partial charge >= 0.3 is 0 Å². The van der Waals surface area contributed by atoms with Gasteiger partial charge in [0.1, 0.15) is 0 Å². The number of para-hydroxylation sites is 1. The lowest BCUT2D eigenvalue weighted by molar-refractivity contribution is -0.115. The van der Waals surface area contributed by atoms with Gasteiger partial charge in [0.15, 0.2) is 5.13 Å². The first-order valence-electron chi connectivity index (χ1n) is 8.78. The normalized spacial score (nSPS) is 11.3. The molecular formula is C22H20N2OS. The van der Waals surface area contributed by atoms with Gasteiger partial charge in [0, 0.05) is 0 Å². The van der Waals surface area contributed by atoms with Gasteiger partial charge in [-0.15, -0.1) is 0 Å². The zero-order valence-corrected chi connectivity index (χ0v) is 15.6. The van der Waals surface area contributed by atoms with Gasteiger partial charge in [-0.25, -0.2) is 4.98 Å². The number of anilines is 1. The highest BCUT2D eigenvalue weighted by Crippen LogP contribution is 2.31. The quantitative estimate of drug-likeness (QED) is 0.503. The Balaban J connectivity index is 1.58. The van der Waals surface area contributed by atoms with E-state index in [1.54, 1.807) is 0 Å². The molecule has 130 valence electrons. The van der Waals surface area contributed by atoms with Crippen molar-refractivity contribution in [1.82, 2.24) is 4.98 Å². The summed E-state index contributed by atoms with van der Waals surface area (Å²) in [5, 5.41) is 5.92. The van der Waals surface area contributed by atoms with Gasteiger partial charge in [0.2, 0.25) is 5.91 Å². The maximum absolute atomic E-state index is 12.6. The molecule has 0 spiro atoms. The smallest absolute Gasteiger partial charge is 0.230 e. The van der Waals surface area contributed by atoms with E-state index in [2.05, 4.69) is 60.5 Å². The fourth-order valence-corrected chi connectivity index (χ4v) is 4.19. The molecule has 0 radical (unpaired) electrons. The predicted molar refractivity (Wildman–Crippen MR) is 110 cm³/mol. The van der Waals surface area contributed by atoms with Crippen LogP contribution in [0.1, 0.15) is 30.9 Å². The molecule has 3 aromatic carbocycles. The van der Waals surface area contributed by atoms with Crippen LogP contribution in [0.15, 0.2) is 60.7 Å². The Morgan fingerprint density at radius 2 is 1.81 bits per heavy atom. The minimum Gasteiger partial charge on any atom is -0.302 e. The Bertz CT molecular complexity index is 1090. The second kappa shape index (κ2) is 6.89. The fraction of sp³-hybridized carbons (Fsp3) is 0.182. The van der Waals surface area contributed by atoms with Crippen molar-refractivity contribution in [2.45, 2.75) is 26.2 Å². The second-order valence-corrected chi connectivity index (χ2v) is 7.76. The number of hydrogen-bond acceptors (Lipinski definition) is 3. The molecule has 4 rings (SSSR count). The van der Waals surface area contributed by atoms with Crippen LogP contribution < -0.4 is 5.32 Å². The van der Waals surface area contributed by atoms with Crippen molar-refractivity contribution in [3.63, 3.8) is 0 Å². The van der Waals surface area contributed by atoms with Crippen molar-refractivity contribution in [3.8, 4) is 0 Å². The highest BCUT2D eigenvalue weighted by atomic mass is 32.1. The Morgan fingerprint density at radius 3 is 2.65 bits per heavy atom. The number of amides is 1. The van der Waals surface area contributed by atoms with Crippen LogP contribution >= 0.6 is 11.3 Å². The lowest BCUT2D eigenvalue weighted by Gasteiger charge is -2.06. The van der Waals surface area contributed by atoms with Gasteiger partial charge in [0.05, 0.1) is 16.6 Å². The van der Waals surface area contributed by atoms with Crippen LogP contribution in [-0.2, 0) is 11.2 Å². The van der Waals surface area contributed by atoms with Crippen LogP contribution in [-0.4, -0.2) is 10.9 Å². The third-order valence-electron chi connectivity index (χ3n) is 4.55. The molecular weight excluding hydrogens is 340 g/mol. The summed E-state index contributed by atoms with van der Waals surface area (Å²) in [7, 11) is 0. The number of hydrogen-bond donors (Lipinski definition) is 1. The average molecular weight is 360 g/mol. The van der Waals surface area contributed by atoms with Crippen LogP contribution in [0, 0.1) is 0 Å². The Labute approximate surface area is 156 Å². The molecule has 0 fully saturated rings. The number of nitrogens with zero attached hydrogens (tertiary/aromatic N) is 1. The molecule has 0 saturated heterocycles. The minimum absolute atomic E-state index is 0.0356. The van der Waals surface area contributed by atoms with Gasteiger partial charge in [-0.2, -0.15) is 0 Å². The summed E-state index contributed by atoms with van der Waals surface area (Å²) in [5.41, 5.74) is 3.24. The topological polar surface area (TPSA) is 42.0 Å². The van der Waals surface area contributed by atoms with E-state index in [0.717, 1.165) is 26.6 Å². The van der Waals surface area contributed by atoms with Crippen molar-refractivity contribution in [3.05, 3.63) is 71.8 Å². The Morgan fingerprint density at radius 1 is 1.04 bits per heavy atom. The summed E-state index contributed by atoms with van der Waals surface area (Å²) in [6, 6.07) is 20.4. The van der Waals surface area contributed by atoms with E-state index in [0.29, 0.717) is 17.5 Å². The van der Waals surface area contributed by atoms with Crippen LogP contribution in [0.5, 0.6) is 0 Å². The van der Waals surface area contributed by atoms with Gasteiger partial charge in [-0.05, 0) is 33.9 Å². The summed E-state index contributed by atoms with van der Waals surface area (Å²) in [6.07, 6.45) is 0.342. The van der Waals surface area contributed by atoms with Gasteiger partial charge in [-0.3, -0.25) is 4.79 Å². The van der Waals surface area contributed by atoms with E-state index in [9.17, 15) is 4.79 Å². The molecule has 1 aromatic heterocycles. The first-order chi connectivity index (χ1) is 12.6. The molecule has 0 aliphatic heterocycles. The van der Waals surface area contributed by atoms with Crippen molar-refractivity contribution in [2.75, 3.05) is 5.32 Å². The maximum Gasteiger partial charge on any atom is 0.230 e. The molecule has 4 heteroatoms. The number of fused-ring (bicyclic) bond motifs is 2. The SMILES string of the molecule is CC(C)c1cccc2sc(NC(=O)Cc3cccc4ccccc34)nc12. The van der Waals surface area contributed by atoms with Crippen LogP contribution in [0.4, 0.5) is 5.13 Å². The third-order valence-corrected chi connectivity index (χ3v) is 5.49. The van der Waals surface area contributed by atoms with Crippen LogP contribution in [0.3, 0.4) is 0 Å². The predicted octanol–water partition coefficient (Wildman–Crippen LogP) is 5.75. The lowest BCUT2D eigenvalue weighted by Crippen LogP contribution is -2.14. The first-order valence-corrected chi connectivity index (χ1v) is 9.59. The van der Waals surface area contributed by atoms with Crippen LogP contribution in [0.2, 0.25) is 0 Å². The maximum atomic E-state index is 12.6. The summed E-state index contributed by atoms with van der Waals surface area (Å²) in [6.45, 7) is 4.32. The zero-order valence-electron chi connectivity index (χ0n) is 14.8.